The molecule has 5 rings (SSSR count). The van der Waals surface area contributed by atoms with Crippen LogP contribution in [0.3, 0.4) is 0 Å². The van der Waals surface area contributed by atoms with Gasteiger partial charge in [0.15, 0.2) is 0 Å². The summed E-state index contributed by atoms with van der Waals surface area (Å²) in [6.07, 6.45) is 13.4. The van der Waals surface area contributed by atoms with E-state index >= 15 is 0 Å². The number of unbranched alkanes of at least 4 members (excludes halogenated alkanes) is 6. The molecule has 2 fully saturated rings. The zero-order valence-electron chi connectivity index (χ0n) is 38.7. The lowest BCUT2D eigenvalue weighted by Crippen LogP contribution is -2.30. The lowest BCUT2D eigenvalue weighted by molar-refractivity contribution is -0.141. The van der Waals surface area contributed by atoms with Crippen molar-refractivity contribution in [2.75, 3.05) is 26.4 Å². The van der Waals surface area contributed by atoms with Crippen LogP contribution in [0.2, 0.25) is 0 Å². The molecule has 1 N–H and O–H groups in total. The number of nitrogens with one attached hydrogen (secondary N) is 1. The van der Waals surface area contributed by atoms with Crippen molar-refractivity contribution in [3.05, 3.63) is 109 Å². The number of benzene rings is 3. The maximum atomic E-state index is 13.2. The minimum Gasteiger partial charge on any atom is -0.494 e. The summed E-state index contributed by atoms with van der Waals surface area (Å²) in [5, 5.41) is 7.95. The Bertz CT molecular complexity index is 2150. The molecule has 364 valence electrons. The van der Waals surface area contributed by atoms with Crippen molar-refractivity contribution in [3.8, 4) is 23.0 Å². The molecule has 3 aromatic carbocycles. The van der Waals surface area contributed by atoms with Crippen molar-refractivity contribution >= 4 is 42.0 Å². The maximum Gasteiger partial charge on any atom is 0.339 e. The average molecular weight is 938 g/mol. The van der Waals surface area contributed by atoms with Crippen LogP contribution in [-0.2, 0) is 38.1 Å². The Hall–Kier alpha value is -6.77. The molecule has 0 saturated heterocycles. The lowest BCUT2D eigenvalue weighted by atomic mass is 9.87. The molecule has 0 unspecified atom stereocenters. The molecule has 68 heavy (non-hydrogen) atoms. The van der Waals surface area contributed by atoms with Crippen molar-refractivity contribution in [2.24, 2.45) is 11.8 Å². The summed E-state index contributed by atoms with van der Waals surface area (Å²) in [6.45, 7) is 8.55. The number of carbonyl (C=O) groups excluding carboxylic acids is 6. The predicted octanol–water partition coefficient (Wildman–Crippen LogP) is 9.66. The molecule has 0 aliphatic heterocycles. The molecule has 0 aromatic heterocycles. The smallest absolute Gasteiger partial charge is 0.339 e. The van der Waals surface area contributed by atoms with Gasteiger partial charge < -0.3 is 43.3 Å². The molecule has 0 bridgehead atoms. The quantitative estimate of drug-likeness (QED) is 0.0189. The van der Waals surface area contributed by atoms with Crippen molar-refractivity contribution in [1.29, 1.82) is 5.41 Å². The summed E-state index contributed by atoms with van der Waals surface area (Å²) >= 11 is 0. The summed E-state index contributed by atoms with van der Waals surface area (Å²) in [5.41, 5.74) is 0.806. The van der Waals surface area contributed by atoms with Crippen molar-refractivity contribution in [1.82, 2.24) is 0 Å². The first-order chi connectivity index (χ1) is 33.0. The Kier molecular flexibility index (Phi) is 21.8. The van der Waals surface area contributed by atoms with Gasteiger partial charge in [-0.05, 0) is 169 Å². The predicted molar refractivity (Wildman–Crippen MR) is 251 cm³/mol. The van der Waals surface area contributed by atoms with Crippen LogP contribution >= 0.6 is 0 Å². The van der Waals surface area contributed by atoms with Crippen LogP contribution in [0.15, 0.2) is 92.0 Å². The summed E-state index contributed by atoms with van der Waals surface area (Å²) in [5.74, 6) is -1.48. The summed E-state index contributed by atoms with van der Waals surface area (Å²) in [7, 11) is 0. The Morgan fingerprint density at radius 3 is 1.38 bits per heavy atom. The zero-order chi connectivity index (χ0) is 48.5. The Labute approximate surface area is 397 Å². The first kappa shape index (κ1) is 52.2. The zero-order valence-corrected chi connectivity index (χ0v) is 38.7. The topological polar surface area (TPSA) is 200 Å². The fraction of sp³-hybridized carbons (Fsp3) is 0.453. The molecule has 0 atom stereocenters. The standard InChI is InChI=1S/C53H63NO14/c1-3-48(55)63-33-11-7-5-9-31-61-41-19-13-37(14-20-41)50(57)65-43-21-15-39(16-22-43)52(59)68-46-29-30-47(40(35-46)36-54)53(60)67-44-23-17-38(18-24-44)51(58)66-45-27-25-42(26-28-45)62-32-10-6-8-12-34-64-49(56)4-2/h3-4,13-14,19-20,25-30,35-36,38-39,43-44,54H,1-2,5-12,15-18,21-24,31-34H2/t38-,39-,43+,44+. The van der Waals surface area contributed by atoms with Gasteiger partial charge in [-0.1, -0.05) is 13.2 Å². The molecule has 0 heterocycles. The Balaban J connectivity index is 0.948. The van der Waals surface area contributed by atoms with E-state index in [1.54, 1.807) is 48.5 Å². The Morgan fingerprint density at radius 1 is 0.500 bits per heavy atom. The van der Waals surface area contributed by atoms with Gasteiger partial charge >= 0.3 is 35.8 Å². The second kappa shape index (κ2) is 28.4. The third-order valence-electron chi connectivity index (χ3n) is 11.7. The summed E-state index contributed by atoms with van der Waals surface area (Å²) in [6, 6.07) is 18.1. The fourth-order valence-electron chi connectivity index (χ4n) is 7.83. The normalized spacial score (nSPS) is 17.6. The van der Waals surface area contributed by atoms with E-state index in [1.165, 1.54) is 18.2 Å². The number of hydrogen-bond acceptors (Lipinski definition) is 15. The van der Waals surface area contributed by atoms with E-state index in [4.69, 9.17) is 43.3 Å². The van der Waals surface area contributed by atoms with Crippen LogP contribution in [0.5, 0.6) is 23.0 Å². The lowest BCUT2D eigenvalue weighted by Gasteiger charge is -2.27. The van der Waals surface area contributed by atoms with Crippen molar-refractivity contribution in [3.63, 3.8) is 0 Å². The minimum absolute atomic E-state index is 0.163. The number of esters is 6. The molecule has 0 spiro atoms. The van der Waals surface area contributed by atoms with Crippen LogP contribution in [0, 0.1) is 17.2 Å². The van der Waals surface area contributed by atoms with Crippen LogP contribution in [0.1, 0.15) is 129 Å². The second-order valence-corrected chi connectivity index (χ2v) is 16.8. The summed E-state index contributed by atoms with van der Waals surface area (Å²) in [4.78, 5) is 74.3. The first-order valence-electron chi connectivity index (χ1n) is 23.6. The highest BCUT2D eigenvalue weighted by atomic mass is 16.6. The number of hydrogen-bond donors (Lipinski definition) is 1. The number of ether oxygens (including phenoxy) is 8. The highest BCUT2D eigenvalue weighted by Crippen LogP contribution is 2.32. The van der Waals surface area contributed by atoms with Crippen molar-refractivity contribution < 1.29 is 66.7 Å². The molecule has 2 aliphatic rings. The molecule has 0 radical (unpaired) electrons. The molecule has 0 amide bonds. The van der Waals surface area contributed by atoms with E-state index in [-0.39, 0.29) is 34.9 Å². The van der Waals surface area contributed by atoms with Gasteiger partial charge in [-0.15, -0.1) is 0 Å². The van der Waals surface area contributed by atoms with Crippen molar-refractivity contribution in [2.45, 2.75) is 115 Å². The van der Waals surface area contributed by atoms with E-state index in [0.717, 1.165) is 69.7 Å². The van der Waals surface area contributed by atoms with Gasteiger partial charge in [-0.2, -0.15) is 0 Å². The summed E-state index contributed by atoms with van der Waals surface area (Å²) < 4.78 is 44.3. The number of carbonyl (C=O) groups is 6. The van der Waals surface area contributed by atoms with Crippen LogP contribution in [0.4, 0.5) is 0 Å². The largest absolute Gasteiger partial charge is 0.494 e. The molecule has 3 aromatic rings. The van der Waals surface area contributed by atoms with E-state index in [2.05, 4.69) is 13.2 Å². The highest BCUT2D eigenvalue weighted by Gasteiger charge is 2.32. The van der Waals surface area contributed by atoms with Gasteiger partial charge in [0.25, 0.3) is 0 Å². The maximum absolute atomic E-state index is 13.2. The van der Waals surface area contributed by atoms with Crippen LogP contribution in [-0.4, -0.2) is 80.7 Å². The molecule has 2 saturated carbocycles. The van der Waals surface area contributed by atoms with Crippen LogP contribution in [0.25, 0.3) is 0 Å². The monoisotopic (exact) mass is 937 g/mol. The minimum atomic E-state index is -0.608. The molecule has 2 aliphatic carbocycles. The third kappa shape index (κ3) is 17.8. The SMILES string of the molecule is C=CC(=O)OCCCCCCOc1ccc(OC(=O)[C@H]2CC[C@@H](OC(=O)c3ccc(OC(=O)[C@H]4CC[C@@H](OC(=O)c5ccc(OCCCCCCOC(=O)C=C)cc5)CC4)cc3C=N)CC2)cc1. The molecule has 15 heteroatoms. The average Bonchev–Trinajstić information content (AvgIpc) is 3.36. The van der Waals surface area contributed by atoms with E-state index in [0.29, 0.717) is 101 Å². The van der Waals surface area contributed by atoms with Gasteiger partial charge in [0, 0.05) is 23.9 Å². The third-order valence-corrected chi connectivity index (χ3v) is 11.7. The van der Waals surface area contributed by atoms with E-state index < -0.39 is 41.9 Å². The van der Waals surface area contributed by atoms with Gasteiger partial charge in [0.2, 0.25) is 0 Å². The molecular formula is C53H63NO14. The molecule has 15 nitrogen and oxygen atoms in total. The van der Waals surface area contributed by atoms with Gasteiger partial charge in [0.1, 0.15) is 35.2 Å². The van der Waals surface area contributed by atoms with Gasteiger partial charge in [0.05, 0.1) is 49.4 Å². The van der Waals surface area contributed by atoms with Gasteiger partial charge in [-0.3, -0.25) is 9.59 Å². The molecular weight excluding hydrogens is 875 g/mol. The van der Waals surface area contributed by atoms with E-state index in [1.807, 2.05) is 0 Å². The highest BCUT2D eigenvalue weighted by molar-refractivity contribution is 5.99. The fourth-order valence-corrected chi connectivity index (χ4v) is 7.83. The number of rotatable bonds is 27. The Morgan fingerprint density at radius 2 is 0.912 bits per heavy atom. The van der Waals surface area contributed by atoms with Gasteiger partial charge in [-0.25, -0.2) is 19.2 Å². The van der Waals surface area contributed by atoms with Crippen LogP contribution < -0.4 is 18.9 Å². The second-order valence-electron chi connectivity index (χ2n) is 16.8. The van der Waals surface area contributed by atoms with E-state index in [9.17, 15) is 28.8 Å². The first-order valence-corrected chi connectivity index (χ1v) is 23.6.